The molecule has 2 heterocycles. The van der Waals surface area contributed by atoms with Crippen molar-refractivity contribution in [3.05, 3.63) is 131 Å². The van der Waals surface area contributed by atoms with Crippen LogP contribution in [0.3, 0.4) is 0 Å². The van der Waals surface area contributed by atoms with Gasteiger partial charge in [-0.25, -0.2) is 4.79 Å². The number of ether oxygens (including phenoxy) is 3. The minimum atomic E-state index is -0.991. The van der Waals surface area contributed by atoms with Crippen LogP contribution in [0.2, 0.25) is 0 Å². The van der Waals surface area contributed by atoms with Crippen molar-refractivity contribution in [2.45, 2.75) is 69.5 Å². The summed E-state index contributed by atoms with van der Waals surface area (Å²) in [6.07, 6.45) is -2.07. The Bertz CT molecular complexity index is 1850. The maximum Gasteiger partial charge on any atom is 0.408 e. The molecule has 0 bridgehead atoms. The van der Waals surface area contributed by atoms with Gasteiger partial charge in [-0.1, -0.05) is 85.8 Å². The van der Waals surface area contributed by atoms with E-state index in [1.54, 1.807) is 11.8 Å². The average molecular weight is 724 g/mol. The maximum absolute atomic E-state index is 13.1. The fourth-order valence-electron chi connectivity index (χ4n) is 6.16. The topological polar surface area (TPSA) is 144 Å². The Hall–Kier alpha value is -5.01. The Kier molecular flexibility index (Phi) is 12.0. The number of thioether (sulfide) groups is 1. The molecular weight excluding hydrogens is 683 g/mol. The molecule has 0 aromatic heterocycles. The van der Waals surface area contributed by atoms with E-state index in [0.29, 0.717) is 5.75 Å². The SMILES string of the molecule is CC(=O)Nc1ccc(SC[C@H]2O[C@@H](c3ccc(CN4C(=O)CC(NC(=O)OCc5ccccc5)C4=O)cc3)O[C@@H](c3ccc(CO)cc3)[C@H]2C)cc1. The lowest BCUT2D eigenvalue weighted by Gasteiger charge is -2.41. The molecule has 4 aromatic rings. The van der Waals surface area contributed by atoms with Crippen LogP contribution in [0.1, 0.15) is 60.5 Å². The first-order valence-electron chi connectivity index (χ1n) is 17.1. The van der Waals surface area contributed by atoms with E-state index in [1.807, 2.05) is 103 Å². The molecule has 11 nitrogen and oxygen atoms in total. The summed E-state index contributed by atoms with van der Waals surface area (Å²) >= 11 is 1.65. The van der Waals surface area contributed by atoms with Gasteiger partial charge in [0, 0.05) is 34.7 Å². The first-order valence-corrected chi connectivity index (χ1v) is 18.1. The van der Waals surface area contributed by atoms with E-state index in [-0.39, 0.29) is 56.1 Å². The Morgan fingerprint density at radius 1 is 0.865 bits per heavy atom. The van der Waals surface area contributed by atoms with Crippen LogP contribution in [0.5, 0.6) is 0 Å². The van der Waals surface area contributed by atoms with Gasteiger partial charge in [0.15, 0.2) is 6.29 Å². The number of amides is 4. The molecule has 4 aromatic carbocycles. The molecule has 0 spiro atoms. The van der Waals surface area contributed by atoms with Crippen molar-refractivity contribution in [2.75, 3.05) is 11.1 Å². The molecule has 5 atom stereocenters. The second-order valence-corrected chi connectivity index (χ2v) is 14.0. The molecule has 0 aliphatic carbocycles. The number of nitrogens with one attached hydrogen (secondary N) is 2. The Morgan fingerprint density at radius 2 is 1.54 bits per heavy atom. The highest BCUT2D eigenvalue weighted by Crippen LogP contribution is 2.43. The van der Waals surface area contributed by atoms with Crippen LogP contribution in [0.25, 0.3) is 0 Å². The van der Waals surface area contributed by atoms with Crippen molar-refractivity contribution >= 4 is 41.3 Å². The number of rotatable bonds is 12. The first-order chi connectivity index (χ1) is 25.2. The van der Waals surface area contributed by atoms with Crippen LogP contribution in [0, 0.1) is 5.92 Å². The number of carbonyl (C=O) groups excluding carboxylic acids is 4. The summed E-state index contributed by atoms with van der Waals surface area (Å²) in [6.45, 7) is 3.63. The van der Waals surface area contributed by atoms with Gasteiger partial charge in [0.2, 0.25) is 11.8 Å². The number of likely N-dealkylation sites (tertiary alicyclic amines) is 1. The third-order valence-electron chi connectivity index (χ3n) is 9.05. The van der Waals surface area contributed by atoms with E-state index in [4.69, 9.17) is 14.2 Å². The van der Waals surface area contributed by atoms with Crippen molar-refractivity contribution in [3.8, 4) is 0 Å². The van der Waals surface area contributed by atoms with Crippen LogP contribution >= 0.6 is 11.8 Å². The molecule has 3 N–H and O–H groups in total. The quantitative estimate of drug-likeness (QED) is 0.114. The molecule has 1 unspecified atom stereocenters. The third kappa shape index (κ3) is 9.25. The molecule has 2 saturated heterocycles. The number of nitrogens with zero attached hydrogens (tertiary/aromatic N) is 1. The van der Waals surface area contributed by atoms with Gasteiger partial charge in [-0.3, -0.25) is 19.3 Å². The fourth-order valence-corrected chi connectivity index (χ4v) is 7.23. The van der Waals surface area contributed by atoms with Crippen LogP contribution in [-0.4, -0.2) is 51.7 Å². The predicted molar refractivity (Wildman–Crippen MR) is 195 cm³/mol. The molecule has 4 amide bonds. The number of alkyl carbamates (subject to hydrolysis) is 1. The average Bonchev–Trinajstić information content (AvgIpc) is 3.41. The van der Waals surface area contributed by atoms with Crippen LogP contribution in [-0.2, 0) is 48.4 Å². The van der Waals surface area contributed by atoms with Gasteiger partial charge >= 0.3 is 6.09 Å². The molecule has 52 heavy (non-hydrogen) atoms. The molecule has 12 heteroatoms. The molecule has 2 fully saturated rings. The summed E-state index contributed by atoms with van der Waals surface area (Å²) in [5, 5.41) is 14.9. The number of carbonyl (C=O) groups is 4. The molecule has 2 aliphatic rings. The van der Waals surface area contributed by atoms with Gasteiger partial charge in [0.1, 0.15) is 12.6 Å². The molecule has 6 rings (SSSR count). The summed E-state index contributed by atoms with van der Waals surface area (Å²) in [7, 11) is 0. The second kappa shape index (κ2) is 17.0. The summed E-state index contributed by atoms with van der Waals surface area (Å²) in [6, 6.07) is 31.0. The van der Waals surface area contributed by atoms with Gasteiger partial charge in [-0.05, 0) is 46.5 Å². The number of benzene rings is 4. The van der Waals surface area contributed by atoms with Gasteiger partial charge in [0.05, 0.1) is 31.8 Å². The normalized spacial score (nSPS) is 21.5. The zero-order valence-corrected chi connectivity index (χ0v) is 29.7. The van der Waals surface area contributed by atoms with E-state index in [9.17, 15) is 24.3 Å². The largest absolute Gasteiger partial charge is 0.445 e. The standard InChI is InChI=1S/C40H41N3O8S/c1-25-35(24-52-33-18-16-32(17-19-33)41-26(2)45)50-39(51-37(25)30-12-10-28(22-44)11-13-30)31-14-8-27(9-15-31)21-43-36(46)20-34(38(43)47)42-40(48)49-23-29-6-4-3-5-7-29/h3-19,25,34-35,37,39,44H,20-24H2,1-2H3,(H,41,45)(H,42,48)/t25-,34?,35+,37+,39+/m0/s1. The van der Waals surface area contributed by atoms with E-state index in [0.717, 1.165) is 43.3 Å². The van der Waals surface area contributed by atoms with Crippen LogP contribution < -0.4 is 10.6 Å². The minimum absolute atomic E-state index is 0.00832. The number of hydrogen-bond acceptors (Lipinski definition) is 9. The van der Waals surface area contributed by atoms with Crippen LogP contribution in [0.15, 0.2) is 108 Å². The number of hydrogen-bond donors (Lipinski definition) is 3. The summed E-state index contributed by atoms with van der Waals surface area (Å²) in [5.74, 6) is -0.349. The Labute approximate surface area is 306 Å². The van der Waals surface area contributed by atoms with Gasteiger partial charge in [0.25, 0.3) is 5.91 Å². The van der Waals surface area contributed by atoms with Crippen LogP contribution in [0.4, 0.5) is 10.5 Å². The summed E-state index contributed by atoms with van der Waals surface area (Å²) in [4.78, 5) is 51.9. The van der Waals surface area contributed by atoms with Crippen molar-refractivity contribution in [2.24, 2.45) is 5.92 Å². The summed E-state index contributed by atoms with van der Waals surface area (Å²) < 4.78 is 18.4. The zero-order chi connectivity index (χ0) is 36.6. The highest BCUT2D eigenvalue weighted by Gasteiger charge is 2.40. The monoisotopic (exact) mass is 723 g/mol. The lowest BCUT2D eigenvalue weighted by atomic mass is 9.91. The number of anilines is 1. The van der Waals surface area contributed by atoms with E-state index >= 15 is 0 Å². The molecular formula is C40H41N3O8S. The van der Waals surface area contributed by atoms with E-state index in [2.05, 4.69) is 17.6 Å². The molecule has 0 saturated carbocycles. The summed E-state index contributed by atoms with van der Waals surface area (Å²) in [5.41, 5.74) is 4.84. The van der Waals surface area contributed by atoms with Crippen molar-refractivity contribution in [3.63, 3.8) is 0 Å². The fraction of sp³-hybridized carbons (Fsp3) is 0.300. The minimum Gasteiger partial charge on any atom is -0.445 e. The van der Waals surface area contributed by atoms with Gasteiger partial charge < -0.3 is 30.0 Å². The molecule has 2 aliphatic heterocycles. The molecule has 270 valence electrons. The third-order valence-corrected chi connectivity index (χ3v) is 10.2. The zero-order valence-electron chi connectivity index (χ0n) is 28.9. The maximum atomic E-state index is 13.1. The molecule has 0 radical (unpaired) electrons. The predicted octanol–water partition coefficient (Wildman–Crippen LogP) is 6.27. The number of aliphatic hydroxyl groups excluding tert-OH is 1. The number of imide groups is 1. The van der Waals surface area contributed by atoms with Crippen molar-refractivity contribution < 1.29 is 38.5 Å². The first kappa shape index (κ1) is 36.8. The Morgan fingerprint density at radius 3 is 2.21 bits per heavy atom. The van der Waals surface area contributed by atoms with E-state index in [1.165, 1.54) is 6.92 Å². The van der Waals surface area contributed by atoms with Crippen molar-refractivity contribution in [1.29, 1.82) is 0 Å². The van der Waals surface area contributed by atoms with Crippen molar-refractivity contribution in [1.82, 2.24) is 10.2 Å². The Balaban J connectivity index is 1.10. The number of aliphatic hydroxyl groups is 1. The van der Waals surface area contributed by atoms with E-state index < -0.39 is 24.3 Å². The highest BCUT2D eigenvalue weighted by molar-refractivity contribution is 7.99. The lowest BCUT2D eigenvalue weighted by Crippen LogP contribution is -2.41. The van der Waals surface area contributed by atoms with Gasteiger partial charge in [-0.2, -0.15) is 0 Å². The smallest absolute Gasteiger partial charge is 0.408 e. The highest BCUT2D eigenvalue weighted by atomic mass is 32.2. The van der Waals surface area contributed by atoms with Gasteiger partial charge in [-0.15, -0.1) is 11.8 Å². The lowest BCUT2D eigenvalue weighted by molar-refractivity contribution is -0.268. The second-order valence-electron chi connectivity index (χ2n) is 12.9.